The SMILES string of the molecule is C1CC1.CF.Nc1nc2ccc(-c3cccc(F)c3OCCF)cn2c1C=O. The summed E-state index contributed by atoms with van der Waals surface area (Å²) in [5.41, 5.74) is 7.43. The van der Waals surface area contributed by atoms with E-state index in [0.29, 0.717) is 30.2 Å². The number of para-hydroxylation sites is 1. The Morgan fingerprint density at radius 3 is 2.54 bits per heavy atom. The lowest BCUT2D eigenvalue weighted by Gasteiger charge is -2.12. The van der Waals surface area contributed by atoms with Gasteiger partial charge in [-0.1, -0.05) is 31.4 Å². The highest BCUT2D eigenvalue weighted by Crippen LogP contribution is 2.33. The van der Waals surface area contributed by atoms with Gasteiger partial charge in [0.1, 0.15) is 24.6 Å². The van der Waals surface area contributed by atoms with Crippen LogP contribution in [0.15, 0.2) is 36.5 Å². The van der Waals surface area contributed by atoms with Crippen molar-refractivity contribution >= 4 is 17.8 Å². The Hall–Kier alpha value is -3.03. The molecule has 28 heavy (non-hydrogen) atoms. The zero-order valence-electron chi connectivity index (χ0n) is 15.5. The van der Waals surface area contributed by atoms with Crippen molar-refractivity contribution in [1.29, 1.82) is 0 Å². The number of nitrogens with two attached hydrogens (primary N) is 1. The van der Waals surface area contributed by atoms with Crippen LogP contribution in [0.2, 0.25) is 0 Å². The number of benzene rings is 1. The summed E-state index contributed by atoms with van der Waals surface area (Å²) in [5.74, 6) is -0.507. The Bertz CT molecular complexity index is 924. The number of hydrogen-bond donors (Lipinski definition) is 1. The molecule has 0 spiro atoms. The molecule has 1 fully saturated rings. The molecule has 0 saturated heterocycles. The summed E-state index contributed by atoms with van der Waals surface area (Å²) in [6.07, 6.45) is 6.71. The fraction of sp³-hybridized carbons (Fsp3) is 0.300. The second kappa shape index (κ2) is 10.3. The number of nitrogens with zero attached hydrogens (tertiary/aromatic N) is 2. The molecule has 150 valence electrons. The van der Waals surface area contributed by atoms with Gasteiger partial charge >= 0.3 is 0 Å². The molecule has 0 amide bonds. The van der Waals surface area contributed by atoms with Crippen molar-refractivity contribution in [1.82, 2.24) is 9.38 Å². The van der Waals surface area contributed by atoms with Gasteiger partial charge in [-0.15, -0.1) is 0 Å². The Morgan fingerprint density at radius 2 is 1.93 bits per heavy atom. The molecule has 0 unspecified atom stereocenters. The predicted molar refractivity (Wildman–Crippen MR) is 103 cm³/mol. The van der Waals surface area contributed by atoms with Gasteiger partial charge in [-0.2, -0.15) is 0 Å². The fourth-order valence-corrected chi connectivity index (χ4v) is 2.38. The van der Waals surface area contributed by atoms with Crippen LogP contribution in [0.25, 0.3) is 16.8 Å². The van der Waals surface area contributed by atoms with E-state index in [1.54, 1.807) is 24.4 Å². The minimum absolute atomic E-state index is 0.0368. The number of aldehydes is 1. The first-order valence-electron chi connectivity index (χ1n) is 8.74. The minimum atomic E-state index is -0.722. The third-order valence-corrected chi connectivity index (χ3v) is 3.75. The molecule has 3 aromatic rings. The smallest absolute Gasteiger partial charge is 0.170 e. The number of halogens is 3. The molecule has 1 saturated carbocycles. The van der Waals surface area contributed by atoms with E-state index in [-0.39, 0.29) is 23.9 Å². The van der Waals surface area contributed by atoms with Crippen molar-refractivity contribution in [3.63, 3.8) is 0 Å². The van der Waals surface area contributed by atoms with E-state index >= 15 is 0 Å². The number of nitrogen functional groups attached to an aromatic ring is 1. The number of alkyl halides is 2. The monoisotopic (exact) mass is 393 g/mol. The summed E-state index contributed by atoms with van der Waals surface area (Å²) < 4.78 is 42.5. The van der Waals surface area contributed by atoms with Crippen LogP contribution in [-0.4, -0.2) is 36.1 Å². The van der Waals surface area contributed by atoms with E-state index in [0.717, 1.165) is 0 Å². The minimum Gasteiger partial charge on any atom is -0.487 e. The van der Waals surface area contributed by atoms with Crippen LogP contribution < -0.4 is 10.5 Å². The van der Waals surface area contributed by atoms with Crippen molar-refractivity contribution < 1.29 is 22.7 Å². The van der Waals surface area contributed by atoms with Crippen molar-refractivity contribution in [3.8, 4) is 16.9 Å². The van der Waals surface area contributed by atoms with E-state index in [1.807, 2.05) is 0 Å². The molecule has 0 atom stereocenters. The van der Waals surface area contributed by atoms with Crippen LogP contribution in [0.5, 0.6) is 5.75 Å². The molecule has 0 bridgehead atoms. The van der Waals surface area contributed by atoms with Crippen LogP contribution >= 0.6 is 0 Å². The largest absolute Gasteiger partial charge is 0.487 e. The zero-order chi connectivity index (χ0) is 20.5. The Labute approximate surface area is 160 Å². The predicted octanol–water partition coefficient (Wildman–Crippen LogP) is 4.64. The second-order valence-electron chi connectivity index (χ2n) is 5.86. The molecule has 1 aliphatic rings. The second-order valence-corrected chi connectivity index (χ2v) is 5.86. The molecule has 2 heterocycles. The molecular weight excluding hydrogens is 371 g/mol. The first-order valence-corrected chi connectivity index (χ1v) is 8.74. The van der Waals surface area contributed by atoms with Gasteiger partial charge in [0.2, 0.25) is 0 Å². The number of hydrogen-bond acceptors (Lipinski definition) is 4. The molecule has 2 N–H and O–H groups in total. The van der Waals surface area contributed by atoms with Gasteiger partial charge < -0.3 is 10.5 Å². The maximum absolute atomic E-state index is 14.0. The summed E-state index contributed by atoms with van der Waals surface area (Å²) in [7, 11) is 0.500. The summed E-state index contributed by atoms with van der Waals surface area (Å²) in [4.78, 5) is 15.2. The fourth-order valence-electron chi connectivity index (χ4n) is 2.38. The molecule has 0 aliphatic heterocycles. The highest BCUT2D eigenvalue weighted by molar-refractivity contribution is 5.83. The third kappa shape index (κ3) is 5.03. The standard InChI is InChI=1S/C16H13F2N3O2.C3H6.CH3F/c17-6-7-23-15-11(2-1-3-12(15)18)10-4-5-14-20-16(19)13(9-22)21(14)8-10;1-2-3-1;1-2/h1-5,8-9H,6-7,19H2;1-3H2;1H3. The average molecular weight is 393 g/mol. The number of carbonyl (C=O) groups excluding carboxylic acids is 1. The van der Waals surface area contributed by atoms with Crippen molar-refractivity contribution in [3.05, 3.63) is 48.0 Å². The number of rotatable bonds is 5. The molecule has 2 aromatic heterocycles. The normalized spacial score (nSPS) is 11.7. The highest BCUT2D eigenvalue weighted by atomic mass is 19.1. The molecular formula is C20H22F3N3O2. The lowest BCUT2D eigenvalue weighted by Crippen LogP contribution is -2.02. The summed E-state index contributed by atoms with van der Waals surface area (Å²) in [6.45, 7) is -0.964. The Morgan fingerprint density at radius 1 is 1.21 bits per heavy atom. The third-order valence-electron chi connectivity index (χ3n) is 3.75. The van der Waals surface area contributed by atoms with Crippen LogP contribution in [0.3, 0.4) is 0 Å². The number of pyridine rings is 1. The molecule has 1 aromatic carbocycles. The van der Waals surface area contributed by atoms with E-state index in [9.17, 15) is 18.0 Å². The van der Waals surface area contributed by atoms with Gasteiger partial charge in [-0.3, -0.25) is 13.6 Å². The summed E-state index contributed by atoms with van der Waals surface area (Å²) in [5, 5.41) is 0. The van der Waals surface area contributed by atoms with Gasteiger partial charge in [0, 0.05) is 17.3 Å². The van der Waals surface area contributed by atoms with Gasteiger partial charge in [0.15, 0.2) is 23.7 Å². The van der Waals surface area contributed by atoms with Crippen LogP contribution in [0.4, 0.5) is 19.0 Å². The quantitative estimate of drug-likeness (QED) is 0.641. The van der Waals surface area contributed by atoms with Crippen molar-refractivity contribution in [2.24, 2.45) is 0 Å². The Kier molecular flexibility index (Phi) is 7.86. The zero-order valence-corrected chi connectivity index (χ0v) is 15.5. The number of ether oxygens (including phenoxy) is 1. The Balaban J connectivity index is 0.000000499. The molecule has 4 rings (SSSR count). The first-order chi connectivity index (χ1) is 13.7. The van der Waals surface area contributed by atoms with Crippen molar-refractivity contribution in [2.75, 3.05) is 26.2 Å². The highest BCUT2D eigenvalue weighted by Gasteiger charge is 2.14. The van der Waals surface area contributed by atoms with Gasteiger partial charge in [-0.05, 0) is 18.2 Å². The molecule has 5 nitrogen and oxygen atoms in total. The maximum Gasteiger partial charge on any atom is 0.170 e. The number of carbonyl (C=O) groups is 1. The molecule has 0 radical (unpaired) electrons. The van der Waals surface area contributed by atoms with Gasteiger partial charge in [0.25, 0.3) is 0 Å². The lowest BCUT2D eigenvalue weighted by molar-refractivity contribution is 0.111. The number of anilines is 1. The van der Waals surface area contributed by atoms with E-state index < -0.39 is 12.5 Å². The van der Waals surface area contributed by atoms with E-state index in [1.165, 1.54) is 35.8 Å². The number of fused-ring (bicyclic) bond motifs is 1. The van der Waals surface area contributed by atoms with Crippen molar-refractivity contribution in [2.45, 2.75) is 19.3 Å². The molecule has 8 heteroatoms. The number of imidazole rings is 1. The topological polar surface area (TPSA) is 69.6 Å². The van der Waals surface area contributed by atoms with Crippen LogP contribution in [-0.2, 0) is 0 Å². The van der Waals surface area contributed by atoms with Gasteiger partial charge in [-0.25, -0.2) is 13.8 Å². The summed E-state index contributed by atoms with van der Waals surface area (Å²) in [6, 6.07) is 7.77. The van der Waals surface area contributed by atoms with E-state index in [2.05, 4.69) is 4.98 Å². The molecule has 1 aliphatic carbocycles. The van der Waals surface area contributed by atoms with E-state index in [4.69, 9.17) is 10.5 Å². The van der Waals surface area contributed by atoms with Crippen LogP contribution in [0, 0.1) is 5.82 Å². The lowest BCUT2D eigenvalue weighted by atomic mass is 10.1. The summed E-state index contributed by atoms with van der Waals surface area (Å²) >= 11 is 0. The van der Waals surface area contributed by atoms with Crippen LogP contribution in [0.1, 0.15) is 29.8 Å². The van der Waals surface area contributed by atoms with Gasteiger partial charge in [0.05, 0.1) is 7.18 Å². The average Bonchev–Trinajstić information content (AvgIpc) is 3.56. The number of aromatic nitrogens is 2. The maximum atomic E-state index is 14.0. The first kappa shape index (κ1) is 21.3.